The molecule has 1 aliphatic heterocycles. The van der Waals surface area contributed by atoms with Gasteiger partial charge in [0.1, 0.15) is 5.82 Å². The van der Waals surface area contributed by atoms with E-state index < -0.39 is 20.9 Å². The molecular weight excluding hydrogens is 267 g/mol. The average molecular weight is 284 g/mol. The molecule has 2 fully saturated rings. The molecule has 5 heteroatoms. The van der Waals surface area contributed by atoms with Crippen LogP contribution in [0, 0.1) is 5.82 Å². The van der Waals surface area contributed by atoms with Crippen molar-refractivity contribution < 1.29 is 17.5 Å². The zero-order chi connectivity index (χ0) is 13.5. The summed E-state index contributed by atoms with van der Waals surface area (Å²) in [7, 11) is -3.45. The molecule has 1 saturated carbocycles. The minimum absolute atomic E-state index is 0.0915. The van der Waals surface area contributed by atoms with Crippen molar-refractivity contribution in [3.8, 4) is 0 Å². The van der Waals surface area contributed by atoms with Crippen LogP contribution in [-0.4, -0.2) is 25.9 Å². The Morgan fingerprint density at radius 1 is 1.32 bits per heavy atom. The molecule has 1 saturated heterocycles. The van der Waals surface area contributed by atoms with Crippen molar-refractivity contribution in [3.05, 3.63) is 30.1 Å². The second kappa shape index (κ2) is 4.56. The van der Waals surface area contributed by atoms with Crippen molar-refractivity contribution in [2.45, 2.75) is 47.9 Å². The fourth-order valence-electron chi connectivity index (χ4n) is 3.00. The Labute approximate surface area is 112 Å². The van der Waals surface area contributed by atoms with Gasteiger partial charge in [0.2, 0.25) is 0 Å². The van der Waals surface area contributed by atoms with Gasteiger partial charge >= 0.3 is 0 Å². The van der Waals surface area contributed by atoms with Crippen LogP contribution in [0.15, 0.2) is 29.2 Å². The van der Waals surface area contributed by atoms with Crippen LogP contribution in [0.25, 0.3) is 0 Å². The average Bonchev–Trinajstić information content (AvgIpc) is 2.37. The van der Waals surface area contributed by atoms with Crippen molar-refractivity contribution in [1.82, 2.24) is 0 Å². The van der Waals surface area contributed by atoms with E-state index in [0.717, 1.165) is 25.3 Å². The lowest BCUT2D eigenvalue weighted by molar-refractivity contribution is -0.125. The van der Waals surface area contributed by atoms with Gasteiger partial charge in [-0.15, -0.1) is 0 Å². The maximum Gasteiger partial charge on any atom is 0.181 e. The minimum atomic E-state index is -3.45. The monoisotopic (exact) mass is 284 g/mol. The molecule has 0 N–H and O–H groups in total. The molecule has 3 nitrogen and oxygen atoms in total. The Balaban J connectivity index is 1.87. The topological polar surface area (TPSA) is 43.4 Å². The Morgan fingerprint density at radius 3 is 2.74 bits per heavy atom. The van der Waals surface area contributed by atoms with Crippen LogP contribution in [0.4, 0.5) is 4.39 Å². The van der Waals surface area contributed by atoms with Crippen molar-refractivity contribution in [1.29, 1.82) is 0 Å². The minimum Gasteiger partial charge on any atom is -0.375 e. The standard InChI is InChI=1S/C14H17FO3S/c15-11-3-1-4-12(9-11)19(16,17)13-5-8-18-14(10-13)6-2-7-14/h1,3-4,9,13H,2,5-8,10H2. The maximum atomic E-state index is 13.2. The summed E-state index contributed by atoms with van der Waals surface area (Å²) in [5, 5.41) is -0.441. The summed E-state index contributed by atoms with van der Waals surface area (Å²) in [5.74, 6) is -0.508. The van der Waals surface area contributed by atoms with Gasteiger partial charge in [-0.25, -0.2) is 12.8 Å². The molecular formula is C14H17FO3S. The Kier molecular flexibility index (Phi) is 3.14. The zero-order valence-corrected chi connectivity index (χ0v) is 11.5. The van der Waals surface area contributed by atoms with Gasteiger partial charge in [0.15, 0.2) is 9.84 Å². The molecule has 1 aliphatic carbocycles. The molecule has 104 valence electrons. The molecule has 19 heavy (non-hydrogen) atoms. The molecule has 1 atom stereocenters. The molecule has 1 spiro atoms. The number of hydrogen-bond acceptors (Lipinski definition) is 3. The van der Waals surface area contributed by atoms with Crippen LogP contribution in [-0.2, 0) is 14.6 Å². The van der Waals surface area contributed by atoms with E-state index in [1.807, 2.05) is 0 Å². The van der Waals surface area contributed by atoms with Crippen molar-refractivity contribution in [3.63, 3.8) is 0 Å². The van der Waals surface area contributed by atoms with Crippen LogP contribution < -0.4 is 0 Å². The molecule has 2 aliphatic rings. The predicted molar refractivity (Wildman–Crippen MR) is 69.1 cm³/mol. The molecule has 0 bridgehead atoms. The van der Waals surface area contributed by atoms with E-state index in [4.69, 9.17) is 4.74 Å². The van der Waals surface area contributed by atoms with Gasteiger partial charge in [-0.05, 0) is 50.3 Å². The second-order valence-electron chi connectivity index (χ2n) is 5.50. The first-order chi connectivity index (χ1) is 9.02. The lowest BCUT2D eigenvalue weighted by Crippen LogP contribution is -2.49. The fourth-order valence-corrected chi connectivity index (χ4v) is 4.86. The number of sulfone groups is 1. The highest BCUT2D eigenvalue weighted by molar-refractivity contribution is 7.92. The summed E-state index contributed by atoms with van der Waals surface area (Å²) in [4.78, 5) is 0.0915. The van der Waals surface area contributed by atoms with E-state index in [1.54, 1.807) is 0 Å². The van der Waals surface area contributed by atoms with E-state index >= 15 is 0 Å². The third kappa shape index (κ3) is 2.30. The van der Waals surface area contributed by atoms with Crippen LogP contribution in [0.3, 0.4) is 0 Å². The molecule has 0 amide bonds. The number of benzene rings is 1. The highest BCUT2D eigenvalue weighted by Crippen LogP contribution is 2.44. The number of hydrogen-bond donors (Lipinski definition) is 0. The van der Waals surface area contributed by atoms with Crippen molar-refractivity contribution in [2.75, 3.05) is 6.61 Å². The van der Waals surface area contributed by atoms with Gasteiger partial charge in [-0.2, -0.15) is 0 Å². The second-order valence-corrected chi connectivity index (χ2v) is 7.73. The zero-order valence-electron chi connectivity index (χ0n) is 10.6. The van der Waals surface area contributed by atoms with Crippen LogP contribution >= 0.6 is 0 Å². The Morgan fingerprint density at radius 2 is 2.11 bits per heavy atom. The van der Waals surface area contributed by atoms with Crippen LogP contribution in [0.5, 0.6) is 0 Å². The SMILES string of the molecule is O=S(=O)(c1cccc(F)c1)C1CCOC2(CCC2)C1. The number of ether oxygens (including phenoxy) is 1. The Bertz CT molecular complexity index is 578. The number of rotatable bonds is 2. The normalized spacial score (nSPS) is 26.1. The van der Waals surface area contributed by atoms with Crippen LogP contribution in [0.2, 0.25) is 0 Å². The molecule has 1 heterocycles. The molecule has 1 aromatic carbocycles. The lowest BCUT2D eigenvalue weighted by atomic mass is 9.75. The summed E-state index contributed by atoms with van der Waals surface area (Å²) in [6.07, 6.45) is 4.05. The highest BCUT2D eigenvalue weighted by atomic mass is 32.2. The first-order valence-electron chi connectivity index (χ1n) is 6.65. The summed E-state index contributed by atoms with van der Waals surface area (Å²) >= 11 is 0. The quantitative estimate of drug-likeness (QED) is 0.838. The summed E-state index contributed by atoms with van der Waals surface area (Å²) in [6, 6.07) is 5.29. The molecule has 0 aromatic heterocycles. The van der Waals surface area contributed by atoms with Gasteiger partial charge in [0, 0.05) is 6.61 Å². The third-order valence-electron chi connectivity index (χ3n) is 4.28. The largest absolute Gasteiger partial charge is 0.375 e. The van der Waals surface area contributed by atoms with Gasteiger partial charge in [0.05, 0.1) is 15.7 Å². The smallest absolute Gasteiger partial charge is 0.181 e. The first-order valence-corrected chi connectivity index (χ1v) is 8.20. The van der Waals surface area contributed by atoms with E-state index in [2.05, 4.69) is 0 Å². The maximum absolute atomic E-state index is 13.2. The van der Waals surface area contributed by atoms with E-state index in [1.165, 1.54) is 18.2 Å². The Hall–Kier alpha value is -0.940. The van der Waals surface area contributed by atoms with Gasteiger partial charge in [-0.3, -0.25) is 0 Å². The summed E-state index contributed by atoms with van der Waals surface area (Å²) < 4.78 is 44.0. The van der Waals surface area contributed by atoms with E-state index in [9.17, 15) is 12.8 Å². The molecule has 1 aromatic rings. The summed E-state index contributed by atoms with van der Waals surface area (Å²) in [5.41, 5.74) is -0.219. The van der Waals surface area contributed by atoms with Crippen molar-refractivity contribution in [2.24, 2.45) is 0 Å². The van der Waals surface area contributed by atoms with E-state index in [0.29, 0.717) is 19.4 Å². The lowest BCUT2D eigenvalue weighted by Gasteiger charge is -2.46. The number of halogens is 1. The predicted octanol–water partition coefficient (Wildman–Crippen LogP) is 2.70. The van der Waals surface area contributed by atoms with Gasteiger partial charge in [0.25, 0.3) is 0 Å². The molecule has 1 unspecified atom stereocenters. The highest BCUT2D eigenvalue weighted by Gasteiger charge is 2.46. The van der Waals surface area contributed by atoms with Gasteiger partial charge < -0.3 is 4.74 Å². The molecule has 0 radical (unpaired) electrons. The molecule has 3 rings (SSSR count). The van der Waals surface area contributed by atoms with Crippen molar-refractivity contribution >= 4 is 9.84 Å². The van der Waals surface area contributed by atoms with Gasteiger partial charge in [-0.1, -0.05) is 6.07 Å². The third-order valence-corrected chi connectivity index (χ3v) is 6.47. The first kappa shape index (κ1) is 13.1. The van der Waals surface area contributed by atoms with E-state index in [-0.39, 0.29) is 10.5 Å². The fraction of sp³-hybridized carbons (Fsp3) is 0.571. The van der Waals surface area contributed by atoms with Crippen LogP contribution in [0.1, 0.15) is 32.1 Å². The summed E-state index contributed by atoms with van der Waals surface area (Å²) in [6.45, 7) is 0.485.